The van der Waals surface area contributed by atoms with Crippen molar-refractivity contribution in [1.82, 2.24) is 10.2 Å². The van der Waals surface area contributed by atoms with Gasteiger partial charge in [0.25, 0.3) is 0 Å². The average molecular weight is 384 g/mol. The number of carboxylic acid groups (broad SMARTS) is 1. The second-order valence-corrected chi connectivity index (χ2v) is 7.21. The summed E-state index contributed by atoms with van der Waals surface area (Å²) in [6, 6.07) is 13.1. The first kappa shape index (κ1) is 21.4. The van der Waals surface area contributed by atoms with Gasteiger partial charge in [-0.25, -0.2) is 0 Å². The standard InChI is InChI=1S/C22H28N2O4/c1-4-24(12-11-20(26)27)22(28)21(15(2)3)23-19(25)14-16-9-10-17-7-5-6-8-18(17)13-16/h5-10,13,15,21H,4,11-12,14H2,1-3H3,(H,23,25)(H,26,27). The third kappa shape index (κ3) is 5.81. The predicted molar refractivity (Wildman–Crippen MR) is 109 cm³/mol. The minimum absolute atomic E-state index is 0.105. The number of benzene rings is 2. The molecule has 2 aromatic carbocycles. The molecule has 6 nitrogen and oxygen atoms in total. The lowest BCUT2D eigenvalue weighted by molar-refractivity contribution is -0.140. The van der Waals surface area contributed by atoms with Gasteiger partial charge in [-0.15, -0.1) is 0 Å². The summed E-state index contributed by atoms with van der Waals surface area (Å²) in [6.45, 7) is 6.06. The fraction of sp³-hybridized carbons (Fsp3) is 0.409. The van der Waals surface area contributed by atoms with Crippen molar-refractivity contribution in [3.63, 3.8) is 0 Å². The number of hydrogen-bond acceptors (Lipinski definition) is 3. The Hall–Kier alpha value is -2.89. The summed E-state index contributed by atoms with van der Waals surface area (Å²) >= 11 is 0. The van der Waals surface area contributed by atoms with Crippen LogP contribution in [-0.4, -0.2) is 46.9 Å². The Morgan fingerprint density at radius 2 is 1.75 bits per heavy atom. The number of likely N-dealkylation sites (N-methyl/N-ethyl adjacent to an activating group) is 1. The summed E-state index contributed by atoms with van der Waals surface area (Å²) in [5.74, 6) is -1.53. The van der Waals surface area contributed by atoms with Crippen LogP contribution in [0.15, 0.2) is 42.5 Å². The third-order valence-electron chi connectivity index (χ3n) is 4.72. The zero-order valence-corrected chi connectivity index (χ0v) is 16.6. The highest BCUT2D eigenvalue weighted by molar-refractivity contribution is 5.90. The van der Waals surface area contributed by atoms with Crippen LogP contribution in [-0.2, 0) is 20.8 Å². The first-order chi connectivity index (χ1) is 13.3. The summed E-state index contributed by atoms with van der Waals surface area (Å²) in [5.41, 5.74) is 0.879. The van der Waals surface area contributed by atoms with Gasteiger partial charge < -0.3 is 15.3 Å². The Morgan fingerprint density at radius 3 is 2.36 bits per heavy atom. The highest BCUT2D eigenvalue weighted by atomic mass is 16.4. The zero-order valence-electron chi connectivity index (χ0n) is 16.6. The van der Waals surface area contributed by atoms with Gasteiger partial charge in [0.15, 0.2) is 0 Å². The van der Waals surface area contributed by atoms with Crippen LogP contribution in [0.2, 0.25) is 0 Å². The maximum Gasteiger partial charge on any atom is 0.305 e. The van der Waals surface area contributed by atoms with Crippen molar-refractivity contribution in [2.24, 2.45) is 5.92 Å². The fourth-order valence-corrected chi connectivity index (χ4v) is 3.12. The van der Waals surface area contributed by atoms with E-state index in [-0.39, 0.29) is 37.1 Å². The molecule has 1 atom stereocenters. The molecular formula is C22H28N2O4. The van der Waals surface area contributed by atoms with Crippen LogP contribution in [0.25, 0.3) is 10.8 Å². The molecule has 28 heavy (non-hydrogen) atoms. The number of nitrogens with zero attached hydrogens (tertiary/aromatic N) is 1. The molecule has 0 aromatic heterocycles. The topological polar surface area (TPSA) is 86.7 Å². The van der Waals surface area contributed by atoms with Gasteiger partial charge in [0.2, 0.25) is 11.8 Å². The highest BCUT2D eigenvalue weighted by Crippen LogP contribution is 2.16. The number of amides is 2. The molecule has 6 heteroatoms. The smallest absolute Gasteiger partial charge is 0.305 e. The maximum absolute atomic E-state index is 12.8. The van der Waals surface area contributed by atoms with Gasteiger partial charge in [0, 0.05) is 13.1 Å². The van der Waals surface area contributed by atoms with Crippen LogP contribution < -0.4 is 5.32 Å². The zero-order chi connectivity index (χ0) is 20.7. The quantitative estimate of drug-likeness (QED) is 0.696. The molecule has 2 aromatic rings. The monoisotopic (exact) mass is 384 g/mol. The highest BCUT2D eigenvalue weighted by Gasteiger charge is 2.28. The molecule has 0 aliphatic heterocycles. The maximum atomic E-state index is 12.8. The first-order valence-corrected chi connectivity index (χ1v) is 9.59. The van der Waals surface area contributed by atoms with E-state index in [9.17, 15) is 14.4 Å². The van der Waals surface area contributed by atoms with Crippen molar-refractivity contribution in [1.29, 1.82) is 0 Å². The molecule has 2 amide bonds. The number of rotatable bonds is 9. The van der Waals surface area contributed by atoms with E-state index in [4.69, 9.17) is 5.11 Å². The number of carbonyl (C=O) groups excluding carboxylic acids is 2. The Bertz CT molecular complexity index is 847. The van der Waals surface area contributed by atoms with Crippen LogP contribution in [0.5, 0.6) is 0 Å². The SMILES string of the molecule is CCN(CCC(=O)O)C(=O)C(NC(=O)Cc1ccc2ccccc2c1)C(C)C. The molecule has 0 saturated heterocycles. The summed E-state index contributed by atoms with van der Waals surface area (Å²) in [6.07, 6.45) is 0.0675. The van der Waals surface area contributed by atoms with Gasteiger partial charge in [-0.1, -0.05) is 56.3 Å². The summed E-state index contributed by atoms with van der Waals surface area (Å²) in [7, 11) is 0. The second-order valence-electron chi connectivity index (χ2n) is 7.21. The lowest BCUT2D eigenvalue weighted by atomic mass is 10.0. The summed E-state index contributed by atoms with van der Waals surface area (Å²) in [5, 5.41) is 13.9. The second kappa shape index (κ2) is 9.88. The van der Waals surface area contributed by atoms with Crippen molar-refractivity contribution in [3.05, 3.63) is 48.0 Å². The molecule has 0 fully saturated rings. The fourth-order valence-electron chi connectivity index (χ4n) is 3.12. The van der Waals surface area contributed by atoms with E-state index in [1.54, 1.807) is 6.92 Å². The molecule has 0 bridgehead atoms. The van der Waals surface area contributed by atoms with Gasteiger partial charge in [-0.3, -0.25) is 14.4 Å². The van der Waals surface area contributed by atoms with E-state index in [1.807, 2.05) is 56.3 Å². The number of aliphatic carboxylic acids is 1. The van der Waals surface area contributed by atoms with Gasteiger partial charge >= 0.3 is 5.97 Å². The van der Waals surface area contributed by atoms with Gasteiger partial charge in [-0.2, -0.15) is 0 Å². The molecule has 1 unspecified atom stereocenters. The predicted octanol–water partition coefficient (Wildman–Crippen LogP) is 2.85. The number of carboxylic acids is 1. The molecule has 150 valence electrons. The Labute approximate surface area is 165 Å². The van der Waals surface area contributed by atoms with Crippen LogP contribution in [0.3, 0.4) is 0 Å². The largest absolute Gasteiger partial charge is 0.481 e. The van der Waals surface area contributed by atoms with Crippen molar-refractivity contribution < 1.29 is 19.5 Å². The molecule has 0 heterocycles. The molecule has 0 radical (unpaired) electrons. The number of fused-ring (bicyclic) bond motifs is 1. The number of hydrogen-bond donors (Lipinski definition) is 2. The Morgan fingerprint density at radius 1 is 1.07 bits per heavy atom. The third-order valence-corrected chi connectivity index (χ3v) is 4.72. The first-order valence-electron chi connectivity index (χ1n) is 9.59. The van der Waals surface area contributed by atoms with Crippen LogP contribution in [0.1, 0.15) is 32.8 Å². The minimum atomic E-state index is -0.951. The van der Waals surface area contributed by atoms with E-state index in [0.29, 0.717) is 6.54 Å². The van der Waals surface area contributed by atoms with E-state index < -0.39 is 12.0 Å². The van der Waals surface area contributed by atoms with Crippen molar-refractivity contribution >= 4 is 28.6 Å². The Balaban J connectivity index is 2.06. The van der Waals surface area contributed by atoms with Gasteiger partial charge in [-0.05, 0) is 29.2 Å². The van der Waals surface area contributed by atoms with Crippen molar-refractivity contribution in [2.75, 3.05) is 13.1 Å². The molecule has 0 aliphatic carbocycles. The minimum Gasteiger partial charge on any atom is -0.481 e. The summed E-state index contributed by atoms with van der Waals surface area (Å²) < 4.78 is 0. The van der Waals surface area contributed by atoms with Crippen molar-refractivity contribution in [3.8, 4) is 0 Å². The molecule has 0 spiro atoms. The molecule has 2 N–H and O–H groups in total. The van der Waals surface area contributed by atoms with E-state index in [1.165, 1.54) is 4.90 Å². The molecule has 2 rings (SSSR count). The normalized spacial score (nSPS) is 12.0. The number of nitrogens with one attached hydrogen (secondary N) is 1. The molecule has 0 saturated carbocycles. The summed E-state index contributed by atoms with van der Waals surface area (Å²) in [4.78, 5) is 37.7. The van der Waals surface area contributed by atoms with Crippen LogP contribution in [0, 0.1) is 5.92 Å². The van der Waals surface area contributed by atoms with Gasteiger partial charge in [0.1, 0.15) is 6.04 Å². The number of carbonyl (C=O) groups is 3. The Kier molecular flexibility index (Phi) is 7.55. The molecule has 0 aliphatic rings. The van der Waals surface area contributed by atoms with E-state index in [0.717, 1.165) is 16.3 Å². The van der Waals surface area contributed by atoms with Crippen LogP contribution >= 0.6 is 0 Å². The lowest BCUT2D eigenvalue weighted by Crippen LogP contribution is -2.52. The van der Waals surface area contributed by atoms with E-state index in [2.05, 4.69) is 5.32 Å². The average Bonchev–Trinajstić information content (AvgIpc) is 2.65. The van der Waals surface area contributed by atoms with Gasteiger partial charge in [0.05, 0.1) is 12.8 Å². The lowest BCUT2D eigenvalue weighted by Gasteiger charge is -2.28. The van der Waals surface area contributed by atoms with E-state index >= 15 is 0 Å². The molecular weight excluding hydrogens is 356 g/mol. The van der Waals surface area contributed by atoms with Crippen molar-refractivity contribution in [2.45, 2.75) is 39.7 Å². The van der Waals surface area contributed by atoms with Crippen LogP contribution in [0.4, 0.5) is 0 Å².